The molecule has 0 aliphatic carbocycles. The fraction of sp³-hybridized carbons (Fsp3) is 0.364. The molecule has 0 fully saturated rings. The largest absolute Gasteiger partial charge is 0.507 e. The van der Waals surface area contributed by atoms with Crippen molar-refractivity contribution in [2.45, 2.75) is 25.3 Å². The van der Waals surface area contributed by atoms with Gasteiger partial charge in [0.25, 0.3) is 5.91 Å². The predicted octanol–water partition coefficient (Wildman–Crippen LogP) is 3.36. The molecule has 0 aromatic heterocycles. The van der Waals surface area contributed by atoms with Gasteiger partial charge in [0, 0.05) is 12.5 Å². The summed E-state index contributed by atoms with van der Waals surface area (Å²) < 4.78 is 10.4. The third-order valence-corrected chi connectivity index (χ3v) is 4.74. The first kappa shape index (κ1) is 26.6. The zero-order valence-electron chi connectivity index (χ0n) is 17.5. The molecule has 1 amide bonds. The number of aromatic hydroxyl groups is 1. The summed E-state index contributed by atoms with van der Waals surface area (Å²) in [6, 6.07) is 11.0. The van der Waals surface area contributed by atoms with Gasteiger partial charge in [-0.25, -0.2) is 4.79 Å². The molecule has 0 saturated carbocycles. The molecule has 2 aromatic rings. The van der Waals surface area contributed by atoms with E-state index in [2.05, 4.69) is 10.6 Å². The maximum absolute atomic E-state index is 12.7. The molecule has 0 bridgehead atoms. The van der Waals surface area contributed by atoms with Crippen molar-refractivity contribution in [3.63, 3.8) is 0 Å². The van der Waals surface area contributed by atoms with Crippen LogP contribution in [0.2, 0.25) is 5.02 Å². The lowest BCUT2D eigenvalue weighted by Gasteiger charge is -2.18. The van der Waals surface area contributed by atoms with Crippen LogP contribution in [0.25, 0.3) is 0 Å². The van der Waals surface area contributed by atoms with Gasteiger partial charge < -0.3 is 25.2 Å². The Morgan fingerprint density at radius 3 is 2.52 bits per heavy atom. The Morgan fingerprint density at radius 2 is 1.87 bits per heavy atom. The monoisotopic (exact) mass is 470 g/mol. The van der Waals surface area contributed by atoms with Gasteiger partial charge in [0.05, 0.1) is 24.3 Å². The number of rotatable bonds is 11. The van der Waals surface area contributed by atoms with Crippen molar-refractivity contribution in [1.82, 2.24) is 10.6 Å². The van der Waals surface area contributed by atoms with Gasteiger partial charge in [0.1, 0.15) is 17.5 Å². The van der Waals surface area contributed by atoms with E-state index in [9.17, 15) is 14.7 Å². The average molecular weight is 471 g/mol. The smallest absolute Gasteiger partial charge is 0.328 e. The van der Waals surface area contributed by atoms with Crippen LogP contribution in [0.1, 0.15) is 28.8 Å². The number of hydrogen-bond donors (Lipinski definition) is 3. The first-order valence-electron chi connectivity index (χ1n) is 9.68. The SMILES string of the molecule is CNCCCCOc1cc(O)c(C(=O)N[C@@H](Cc2ccccc2)C(=O)OC)cc1Cl.Cl. The molecule has 0 spiro atoms. The van der Waals surface area contributed by atoms with E-state index in [1.807, 2.05) is 37.4 Å². The molecule has 3 N–H and O–H groups in total. The molecule has 2 aromatic carbocycles. The van der Waals surface area contributed by atoms with Crippen molar-refractivity contribution in [3.8, 4) is 11.5 Å². The average Bonchev–Trinajstić information content (AvgIpc) is 2.75. The van der Waals surface area contributed by atoms with Crippen molar-refractivity contribution in [2.75, 3.05) is 27.3 Å². The highest BCUT2D eigenvalue weighted by molar-refractivity contribution is 6.32. The van der Waals surface area contributed by atoms with Crippen molar-refractivity contribution >= 4 is 35.9 Å². The highest BCUT2D eigenvalue weighted by atomic mass is 35.5. The number of carbonyl (C=O) groups excluding carboxylic acids is 2. The Morgan fingerprint density at radius 1 is 1.16 bits per heavy atom. The molecule has 0 aliphatic rings. The molecule has 7 nitrogen and oxygen atoms in total. The van der Waals surface area contributed by atoms with Crippen LogP contribution in [0.15, 0.2) is 42.5 Å². The van der Waals surface area contributed by atoms with Gasteiger partial charge in [-0.2, -0.15) is 0 Å². The summed E-state index contributed by atoms with van der Waals surface area (Å²) in [6.45, 7) is 1.32. The first-order chi connectivity index (χ1) is 14.5. The molecular weight excluding hydrogens is 443 g/mol. The van der Waals surface area contributed by atoms with Crippen molar-refractivity contribution in [1.29, 1.82) is 0 Å². The highest BCUT2D eigenvalue weighted by Gasteiger charge is 2.24. The van der Waals surface area contributed by atoms with Gasteiger partial charge in [0.2, 0.25) is 0 Å². The second-order valence-corrected chi connectivity index (χ2v) is 7.11. The van der Waals surface area contributed by atoms with Gasteiger partial charge in [-0.15, -0.1) is 12.4 Å². The highest BCUT2D eigenvalue weighted by Crippen LogP contribution is 2.32. The number of amides is 1. The Labute approximate surface area is 193 Å². The number of benzene rings is 2. The molecule has 0 heterocycles. The normalized spacial score (nSPS) is 11.2. The second kappa shape index (κ2) is 13.7. The molecule has 0 saturated heterocycles. The maximum Gasteiger partial charge on any atom is 0.328 e. The van der Waals surface area contributed by atoms with E-state index in [1.54, 1.807) is 0 Å². The minimum atomic E-state index is -0.911. The Balaban J connectivity index is 0.00000480. The minimum Gasteiger partial charge on any atom is -0.507 e. The summed E-state index contributed by atoms with van der Waals surface area (Å²) in [6.07, 6.45) is 2.01. The number of esters is 1. The lowest BCUT2D eigenvalue weighted by Crippen LogP contribution is -2.43. The van der Waals surface area contributed by atoms with Crippen molar-refractivity contribution in [2.24, 2.45) is 0 Å². The molecule has 170 valence electrons. The van der Waals surface area contributed by atoms with E-state index in [0.717, 1.165) is 24.9 Å². The van der Waals surface area contributed by atoms with Gasteiger partial charge >= 0.3 is 5.97 Å². The quantitative estimate of drug-likeness (QED) is 0.344. The van der Waals surface area contributed by atoms with E-state index in [4.69, 9.17) is 21.1 Å². The van der Waals surface area contributed by atoms with Gasteiger partial charge in [-0.3, -0.25) is 4.79 Å². The van der Waals surface area contributed by atoms with Crippen LogP contribution in [-0.2, 0) is 16.0 Å². The van der Waals surface area contributed by atoms with E-state index >= 15 is 0 Å². The first-order valence-corrected chi connectivity index (χ1v) is 10.1. The summed E-state index contributed by atoms with van der Waals surface area (Å²) >= 11 is 6.22. The number of hydrogen-bond acceptors (Lipinski definition) is 6. The summed E-state index contributed by atoms with van der Waals surface area (Å²) in [7, 11) is 3.13. The van der Waals surface area contributed by atoms with E-state index < -0.39 is 17.9 Å². The number of carbonyl (C=O) groups is 2. The van der Waals surface area contributed by atoms with Crippen molar-refractivity contribution < 1.29 is 24.2 Å². The van der Waals surface area contributed by atoms with Crippen LogP contribution in [0.4, 0.5) is 0 Å². The number of methoxy groups -OCH3 is 1. The van der Waals surface area contributed by atoms with Crippen LogP contribution < -0.4 is 15.4 Å². The maximum atomic E-state index is 12.7. The topological polar surface area (TPSA) is 96.9 Å². The van der Waals surface area contributed by atoms with Gasteiger partial charge in [-0.05, 0) is 38.1 Å². The number of phenolic OH excluding ortho intramolecular Hbond substituents is 1. The molecule has 0 aliphatic heterocycles. The molecule has 0 unspecified atom stereocenters. The molecule has 9 heteroatoms. The fourth-order valence-electron chi connectivity index (χ4n) is 2.84. The summed E-state index contributed by atoms with van der Waals surface area (Å²) in [5, 5.41) is 16.2. The number of halogens is 2. The lowest BCUT2D eigenvalue weighted by atomic mass is 10.1. The standard InChI is InChI=1S/C22H27ClN2O5.ClH/c1-24-10-6-7-11-30-20-14-19(26)16(13-17(20)23)21(27)25-18(22(28)29-2)12-15-8-4-3-5-9-15;/h3-5,8-9,13-14,18,24,26H,6-7,10-12H2,1-2H3,(H,25,27);1H/t18-;/m0./s1. The van der Waals surface area contributed by atoms with Crippen LogP contribution in [0.3, 0.4) is 0 Å². The third-order valence-electron chi connectivity index (χ3n) is 4.45. The number of phenols is 1. The van der Waals surface area contributed by atoms with Crippen molar-refractivity contribution in [3.05, 3.63) is 58.6 Å². The van der Waals surface area contributed by atoms with Gasteiger partial charge in [-0.1, -0.05) is 41.9 Å². The molecule has 1 atom stereocenters. The predicted molar refractivity (Wildman–Crippen MR) is 122 cm³/mol. The zero-order valence-corrected chi connectivity index (χ0v) is 19.1. The Hall–Kier alpha value is -2.48. The minimum absolute atomic E-state index is 0. The number of unbranched alkanes of at least 4 members (excludes halogenated alkanes) is 1. The molecule has 2 rings (SSSR count). The lowest BCUT2D eigenvalue weighted by molar-refractivity contribution is -0.142. The van der Waals surface area contributed by atoms with Gasteiger partial charge in [0.15, 0.2) is 0 Å². The summed E-state index contributed by atoms with van der Waals surface area (Å²) in [5.74, 6) is -1.21. The van der Waals surface area contributed by atoms with E-state index in [0.29, 0.717) is 12.4 Å². The van der Waals surface area contributed by atoms with Crippen LogP contribution in [0.5, 0.6) is 11.5 Å². The Kier molecular flexibility index (Phi) is 11.8. The van der Waals surface area contributed by atoms with E-state index in [1.165, 1.54) is 19.2 Å². The van der Waals surface area contributed by atoms with Crippen LogP contribution in [0, 0.1) is 0 Å². The summed E-state index contributed by atoms with van der Waals surface area (Å²) in [5.41, 5.74) is 0.807. The fourth-order valence-corrected chi connectivity index (χ4v) is 3.06. The molecule has 31 heavy (non-hydrogen) atoms. The van der Waals surface area contributed by atoms with E-state index in [-0.39, 0.29) is 35.2 Å². The number of nitrogens with one attached hydrogen (secondary N) is 2. The zero-order chi connectivity index (χ0) is 21.9. The van der Waals surface area contributed by atoms with Crippen LogP contribution >= 0.6 is 24.0 Å². The second-order valence-electron chi connectivity index (χ2n) is 6.70. The third kappa shape index (κ3) is 8.28. The number of ether oxygens (including phenoxy) is 2. The Bertz CT molecular complexity index is 849. The molecular formula is C22H28Cl2N2O5. The van der Waals surface area contributed by atoms with Crippen LogP contribution in [-0.4, -0.2) is 50.3 Å². The molecule has 0 radical (unpaired) electrons. The summed E-state index contributed by atoms with van der Waals surface area (Å²) in [4.78, 5) is 24.8.